The Morgan fingerprint density at radius 3 is 2.46 bits per heavy atom. The summed E-state index contributed by atoms with van der Waals surface area (Å²) in [6.45, 7) is -1.50. The first-order valence-electron chi connectivity index (χ1n) is 6.59. The van der Waals surface area contributed by atoms with E-state index >= 15 is 0 Å². The minimum absolute atomic E-state index is 0.117. The van der Waals surface area contributed by atoms with Crippen LogP contribution in [0.15, 0.2) is 42.5 Å². The number of carbonyl (C=O) groups excluding carboxylic acids is 1. The van der Waals surface area contributed by atoms with Gasteiger partial charge in [0.05, 0.1) is 5.56 Å². The zero-order chi connectivity index (χ0) is 17.7. The average Bonchev–Trinajstić information content (AvgIpc) is 2.53. The Morgan fingerprint density at radius 1 is 1.21 bits per heavy atom. The average molecular weight is 355 g/mol. The standard InChI is InChI=1S/C16H10ClF3N2O2/c17-12-3-1-10(2-4-12)15(23)22-13-5-6-14(11(7-13)8-21)24-9-16(18,19)20/h1-7H,9H2,(H,22,23). The van der Waals surface area contributed by atoms with Crippen LogP contribution >= 0.6 is 11.6 Å². The molecule has 2 aromatic carbocycles. The van der Waals surface area contributed by atoms with Crippen molar-refractivity contribution < 1.29 is 22.7 Å². The van der Waals surface area contributed by atoms with Gasteiger partial charge in [0.25, 0.3) is 5.91 Å². The zero-order valence-corrected chi connectivity index (χ0v) is 12.8. The monoisotopic (exact) mass is 354 g/mol. The fourth-order valence-electron chi connectivity index (χ4n) is 1.79. The van der Waals surface area contributed by atoms with Gasteiger partial charge in [0.2, 0.25) is 0 Å². The van der Waals surface area contributed by atoms with Crippen molar-refractivity contribution in [3.8, 4) is 11.8 Å². The van der Waals surface area contributed by atoms with Crippen LogP contribution in [0, 0.1) is 11.3 Å². The highest BCUT2D eigenvalue weighted by molar-refractivity contribution is 6.30. The summed E-state index contributed by atoms with van der Waals surface area (Å²) in [4.78, 5) is 12.1. The first-order chi connectivity index (χ1) is 11.3. The SMILES string of the molecule is N#Cc1cc(NC(=O)c2ccc(Cl)cc2)ccc1OCC(F)(F)F. The second-order valence-corrected chi connectivity index (χ2v) is 5.12. The lowest BCUT2D eigenvalue weighted by atomic mass is 10.1. The molecule has 0 unspecified atom stereocenters. The van der Waals surface area contributed by atoms with Crippen molar-refractivity contribution >= 4 is 23.2 Å². The minimum Gasteiger partial charge on any atom is -0.483 e. The van der Waals surface area contributed by atoms with E-state index in [0.717, 1.165) is 0 Å². The molecule has 24 heavy (non-hydrogen) atoms. The molecule has 0 fully saturated rings. The van der Waals surface area contributed by atoms with E-state index in [1.54, 1.807) is 18.2 Å². The molecule has 4 nitrogen and oxygen atoms in total. The van der Waals surface area contributed by atoms with Gasteiger partial charge >= 0.3 is 6.18 Å². The normalized spacial score (nSPS) is 10.8. The van der Waals surface area contributed by atoms with Crippen molar-refractivity contribution in [2.24, 2.45) is 0 Å². The lowest BCUT2D eigenvalue weighted by Gasteiger charge is -2.12. The number of hydrogen-bond acceptors (Lipinski definition) is 3. The molecular weight excluding hydrogens is 345 g/mol. The van der Waals surface area contributed by atoms with E-state index < -0.39 is 18.7 Å². The number of amides is 1. The topological polar surface area (TPSA) is 62.1 Å². The van der Waals surface area contributed by atoms with Crippen LogP contribution in [0.4, 0.5) is 18.9 Å². The summed E-state index contributed by atoms with van der Waals surface area (Å²) in [5.41, 5.74) is 0.481. The fraction of sp³-hybridized carbons (Fsp3) is 0.125. The summed E-state index contributed by atoms with van der Waals surface area (Å²) in [6, 6.07) is 11.6. The van der Waals surface area contributed by atoms with Crippen LogP contribution in [0.2, 0.25) is 5.02 Å². The molecule has 0 aromatic heterocycles. The van der Waals surface area contributed by atoms with Gasteiger partial charge < -0.3 is 10.1 Å². The molecule has 1 N–H and O–H groups in total. The van der Waals surface area contributed by atoms with Crippen molar-refractivity contribution in [3.05, 3.63) is 58.6 Å². The van der Waals surface area contributed by atoms with Gasteiger partial charge in [-0.05, 0) is 42.5 Å². The second kappa shape index (κ2) is 7.23. The van der Waals surface area contributed by atoms with Gasteiger partial charge in [-0.3, -0.25) is 4.79 Å². The highest BCUT2D eigenvalue weighted by Gasteiger charge is 2.28. The van der Waals surface area contributed by atoms with Crippen molar-refractivity contribution in [2.45, 2.75) is 6.18 Å². The molecule has 1 amide bonds. The number of ether oxygens (including phenoxy) is 1. The van der Waals surface area contributed by atoms with Gasteiger partial charge in [-0.15, -0.1) is 0 Å². The third-order valence-electron chi connectivity index (χ3n) is 2.86. The van der Waals surface area contributed by atoms with E-state index in [4.69, 9.17) is 16.9 Å². The molecule has 0 spiro atoms. The van der Waals surface area contributed by atoms with Crippen molar-refractivity contribution in [2.75, 3.05) is 11.9 Å². The van der Waals surface area contributed by atoms with Gasteiger partial charge in [-0.2, -0.15) is 18.4 Å². The summed E-state index contributed by atoms with van der Waals surface area (Å²) < 4.78 is 41.1. The molecular formula is C16H10ClF3N2O2. The molecule has 8 heteroatoms. The third kappa shape index (κ3) is 4.89. The van der Waals surface area contributed by atoms with Crippen molar-refractivity contribution in [1.82, 2.24) is 0 Å². The molecule has 0 saturated carbocycles. The number of halogens is 4. The molecule has 0 atom stereocenters. The van der Waals surface area contributed by atoms with Gasteiger partial charge in [-0.25, -0.2) is 0 Å². The molecule has 0 aliphatic heterocycles. The van der Waals surface area contributed by atoms with Crippen LogP contribution in [0.1, 0.15) is 15.9 Å². The van der Waals surface area contributed by atoms with Crippen LogP contribution in [0.5, 0.6) is 5.75 Å². The lowest BCUT2D eigenvalue weighted by molar-refractivity contribution is -0.153. The molecule has 0 radical (unpaired) electrons. The largest absolute Gasteiger partial charge is 0.483 e. The number of anilines is 1. The number of alkyl halides is 3. The van der Waals surface area contributed by atoms with Gasteiger partial charge in [-0.1, -0.05) is 11.6 Å². The Bertz CT molecular complexity index is 783. The fourth-order valence-corrected chi connectivity index (χ4v) is 1.91. The maximum absolute atomic E-state index is 12.2. The summed E-state index contributed by atoms with van der Waals surface area (Å²) in [5.74, 6) is -0.654. The summed E-state index contributed by atoms with van der Waals surface area (Å²) >= 11 is 5.73. The number of nitriles is 1. The molecule has 0 heterocycles. The molecule has 0 aliphatic rings. The molecule has 124 valence electrons. The first-order valence-corrected chi connectivity index (χ1v) is 6.97. The van der Waals surface area contributed by atoms with E-state index in [-0.39, 0.29) is 17.0 Å². The Morgan fingerprint density at radius 2 is 1.88 bits per heavy atom. The highest BCUT2D eigenvalue weighted by Crippen LogP contribution is 2.25. The first kappa shape index (κ1) is 17.6. The van der Waals surface area contributed by atoms with Crippen LogP contribution in [-0.4, -0.2) is 18.7 Å². The Balaban J connectivity index is 2.13. The summed E-state index contributed by atoms with van der Waals surface area (Å²) in [5, 5.41) is 12.0. The number of nitrogens with one attached hydrogen (secondary N) is 1. The Hall–Kier alpha value is -2.72. The van der Waals surface area contributed by atoms with Gasteiger partial charge in [0.15, 0.2) is 6.61 Å². The number of nitrogens with zero attached hydrogens (tertiary/aromatic N) is 1. The smallest absolute Gasteiger partial charge is 0.422 e. The predicted octanol–water partition coefficient (Wildman–Crippen LogP) is 4.41. The quantitative estimate of drug-likeness (QED) is 0.884. The van der Waals surface area contributed by atoms with E-state index in [9.17, 15) is 18.0 Å². The Labute approximate surface area is 140 Å². The maximum Gasteiger partial charge on any atom is 0.422 e. The van der Waals surface area contributed by atoms with E-state index in [1.807, 2.05) is 0 Å². The summed E-state index contributed by atoms with van der Waals surface area (Å²) in [6.07, 6.45) is -4.51. The third-order valence-corrected chi connectivity index (χ3v) is 3.11. The number of hydrogen-bond donors (Lipinski definition) is 1. The molecule has 0 bridgehead atoms. The summed E-state index contributed by atoms with van der Waals surface area (Å²) in [7, 11) is 0. The number of benzene rings is 2. The van der Waals surface area contributed by atoms with E-state index in [1.165, 1.54) is 30.3 Å². The van der Waals surface area contributed by atoms with E-state index in [2.05, 4.69) is 10.1 Å². The minimum atomic E-state index is -4.51. The molecule has 0 saturated heterocycles. The Kier molecular flexibility index (Phi) is 5.31. The molecule has 0 aliphatic carbocycles. The molecule has 2 aromatic rings. The molecule has 2 rings (SSSR count). The number of rotatable bonds is 4. The highest BCUT2D eigenvalue weighted by atomic mass is 35.5. The number of carbonyl (C=O) groups is 1. The lowest BCUT2D eigenvalue weighted by Crippen LogP contribution is -2.19. The van der Waals surface area contributed by atoms with Gasteiger partial charge in [0.1, 0.15) is 11.8 Å². The van der Waals surface area contributed by atoms with Gasteiger partial charge in [0, 0.05) is 16.3 Å². The second-order valence-electron chi connectivity index (χ2n) is 4.69. The van der Waals surface area contributed by atoms with Crippen LogP contribution in [0.25, 0.3) is 0 Å². The van der Waals surface area contributed by atoms with Crippen LogP contribution in [-0.2, 0) is 0 Å². The van der Waals surface area contributed by atoms with Crippen LogP contribution < -0.4 is 10.1 Å². The van der Waals surface area contributed by atoms with Crippen molar-refractivity contribution in [3.63, 3.8) is 0 Å². The van der Waals surface area contributed by atoms with Crippen molar-refractivity contribution in [1.29, 1.82) is 5.26 Å². The maximum atomic E-state index is 12.2. The predicted molar refractivity (Wildman–Crippen MR) is 82.1 cm³/mol. The van der Waals surface area contributed by atoms with E-state index in [0.29, 0.717) is 10.6 Å². The zero-order valence-electron chi connectivity index (χ0n) is 12.0. The van der Waals surface area contributed by atoms with Crippen LogP contribution in [0.3, 0.4) is 0 Å².